The number of aromatic nitrogens is 1. The Hall–Kier alpha value is -4.17. The van der Waals surface area contributed by atoms with E-state index in [1.165, 1.54) is 0 Å². The molecule has 0 bridgehead atoms. The van der Waals surface area contributed by atoms with E-state index >= 15 is 0 Å². The van der Waals surface area contributed by atoms with E-state index in [4.69, 9.17) is 9.57 Å². The molecule has 1 aliphatic carbocycles. The average Bonchev–Trinajstić information content (AvgIpc) is 3.69. The number of carbonyl (C=O) groups is 2. The summed E-state index contributed by atoms with van der Waals surface area (Å²) in [5.74, 6) is -0.457. The van der Waals surface area contributed by atoms with Gasteiger partial charge in [-0.15, -0.1) is 0 Å². The Balaban J connectivity index is 1.25. The van der Waals surface area contributed by atoms with E-state index < -0.39 is 11.4 Å². The second kappa shape index (κ2) is 11.0. The number of hydrogen-bond acceptors (Lipinski definition) is 6. The molecule has 2 aromatic carbocycles. The number of nitrogens with one attached hydrogen (secondary N) is 2. The Morgan fingerprint density at radius 1 is 1.11 bits per heavy atom. The van der Waals surface area contributed by atoms with Gasteiger partial charge in [0.2, 0.25) is 5.91 Å². The SMILES string of the molecule is C=C(NOCC(=O)NCc1cc(CC2(C(=O)O)CC2)ccc1OC)c1ccc(-c2ccccn2)cc1. The van der Waals surface area contributed by atoms with Gasteiger partial charge in [0.15, 0.2) is 6.61 Å². The summed E-state index contributed by atoms with van der Waals surface area (Å²) in [6.45, 7) is 3.97. The van der Waals surface area contributed by atoms with Gasteiger partial charge in [-0.3, -0.25) is 24.9 Å². The quantitative estimate of drug-likeness (QED) is 0.332. The number of aliphatic carboxylic acids is 1. The van der Waals surface area contributed by atoms with Gasteiger partial charge in [-0.05, 0) is 48.6 Å². The molecule has 0 spiro atoms. The minimum atomic E-state index is -0.761. The second-order valence-electron chi connectivity index (χ2n) is 8.85. The number of carboxylic acids is 1. The van der Waals surface area contributed by atoms with Gasteiger partial charge >= 0.3 is 5.97 Å². The van der Waals surface area contributed by atoms with Crippen molar-refractivity contribution in [2.45, 2.75) is 25.8 Å². The number of carbonyl (C=O) groups excluding carboxylic acids is 1. The highest BCUT2D eigenvalue weighted by atomic mass is 16.6. The monoisotopic (exact) mass is 487 g/mol. The zero-order valence-corrected chi connectivity index (χ0v) is 20.1. The minimum absolute atomic E-state index is 0.213. The summed E-state index contributed by atoms with van der Waals surface area (Å²) in [5, 5.41) is 12.3. The fraction of sp³-hybridized carbons (Fsp3) is 0.250. The molecular formula is C28H29N3O5. The first-order chi connectivity index (χ1) is 17.4. The highest BCUT2D eigenvalue weighted by molar-refractivity contribution is 5.78. The summed E-state index contributed by atoms with van der Waals surface area (Å²) in [6, 6.07) is 19.0. The van der Waals surface area contributed by atoms with Crippen LogP contribution in [0.3, 0.4) is 0 Å². The van der Waals surface area contributed by atoms with Crippen LogP contribution in [0.1, 0.15) is 29.5 Å². The van der Waals surface area contributed by atoms with Gasteiger partial charge < -0.3 is 15.2 Å². The number of methoxy groups -OCH3 is 1. The maximum absolute atomic E-state index is 12.3. The topological polar surface area (TPSA) is 110 Å². The number of nitrogens with zero attached hydrogens (tertiary/aromatic N) is 1. The number of carboxylic acid groups (broad SMARTS) is 1. The number of amides is 1. The van der Waals surface area contributed by atoms with Crippen molar-refractivity contribution in [2.75, 3.05) is 13.7 Å². The lowest BCUT2D eigenvalue weighted by Crippen LogP contribution is -2.30. The van der Waals surface area contributed by atoms with E-state index in [-0.39, 0.29) is 19.1 Å². The first-order valence-corrected chi connectivity index (χ1v) is 11.6. The van der Waals surface area contributed by atoms with Gasteiger partial charge in [0, 0.05) is 23.9 Å². The van der Waals surface area contributed by atoms with Crippen LogP contribution >= 0.6 is 0 Å². The Bertz CT molecular complexity index is 1240. The predicted molar refractivity (Wildman–Crippen MR) is 136 cm³/mol. The Kier molecular flexibility index (Phi) is 7.65. The first kappa shape index (κ1) is 24.9. The van der Waals surface area contributed by atoms with Crippen LogP contribution in [0.25, 0.3) is 17.0 Å². The molecule has 0 unspecified atom stereocenters. The summed E-state index contributed by atoms with van der Waals surface area (Å²) >= 11 is 0. The van der Waals surface area contributed by atoms with Crippen LogP contribution in [0, 0.1) is 5.41 Å². The van der Waals surface area contributed by atoms with Crippen LogP contribution in [0.5, 0.6) is 5.75 Å². The molecule has 1 fully saturated rings. The molecule has 0 saturated heterocycles. The highest BCUT2D eigenvalue weighted by Crippen LogP contribution is 2.48. The smallest absolute Gasteiger partial charge is 0.309 e. The molecule has 0 radical (unpaired) electrons. The van der Waals surface area contributed by atoms with Crippen molar-refractivity contribution < 1.29 is 24.3 Å². The normalized spacial score (nSPS) is 13.5. The standard InChI is InChI=1S/C28H29N3O5/c1-19(21-7-9-22(10-8-21)24-5-3-4-14-29-24)31-36-18-26(32)30-17-23-15-20(6-11-25(23)35-2)16-28(12-13-28)27(33)34/h3-11,14-15,31H,1,12-13,16-18H2,2H3,(H,30,32)(H,33,34). The lowest BCUT2D eigenvalue weighted by Gasteiger charge is -2.15. The van der Waals surface area contributed by atoms with Crippen molar-refractivity contribution in [3.63, 3.8) is 0 Å². The molecule has 3 N–H and O–H groups in total. The van der Waals surface area contributed by atoms with Crippen LogP contribution in [0.4, 0.5) is 0 Å². The number of hydrogen-bond donors (Lipinski definition) is 3. The summed E-state index contributed by atoms with van der Waals surface area (Å²) in [6.07, 6.45) is 3.58. The molecule has 1 aliphatic rings. The Labute approximate surface area is 209 Å². The molecule has 3 aromatic rings. The van der Waals surface area contributed by atoms with E-state index in [0.29, 0.717) is 30.7 Å². The van der Waals surface area contributed by atoms with E-state index in [9.17, 15) is 14.7 Å². The summed E-state index contributed by atoms with van der Waals surface area (Å²) < 4.78 is 5.40. The molecule has 186 valence electrons. The van der Waals surface area contributed by atoms with Crippen molar-refractivity contribution in [1.29, 1.82) is 0 Å². The van der Waals surface area contributed by atoms with Crippen molar-refractivity contribution >= 4 is 17.6 Å². The van der Waals surface area contributed by atoms with E-state index in [0.717, 1.165) is 27.9 Å². The van der Waals surface area contributed by atoms with Gasteiger partial charge in [-0.1, -0.05) is 49.0 Å². The molecule has 4 rings (SSSR count). The summed E-state index contributed by atoms with van der Waals surface area (Å²) in [5.41, 5.74) is 6.95. The van der Waals surface area contributed by atoms with Crippen LogP contribution in [-0.2, 0) is 27.4 Å². The van der Waals surface area contributed by atoms with Crippen LogP contribution in [0.2, 0.25) is 0 Å². The molecule has 1 heterocycles. The van der Waals surface area contributed by atoms with Crippen LogP contribution in [-0.4, -0.2) is 35.7 Å². The molecular weight excluding hydrogens is 458 g/mol. The summed E-state index contributed by atoms with van der Waals surface area (Å²) in [7, 11) is 1.56. The molecule has 0 atom stereocenters. The lowest BCUT2D eigenvalue weighted by atomic mass is 9.95. The van der Waals surface area contributed by atoms with Gasteiger partial charge in [-0.2, -0.15) is 0 Å². The van der Waals surface area contributed by atoms with E-state index in [1.54, 1.807) is 19.4 Å². The van der Waals surface area contributed by atoms with E-state index in [2.05, 4.69) is 22.4 Å². The van der Waals surface area contributed by atoms with Crippen LogP contribution < -0.4 is 15.5 Å². The maximum Gasteiger partial charge on any atom is 0.309 e. The van der Waals surface area contributed by atoms with E-state index in [1.807, 2.05) is 54.6 Å². The predicted octanol–water partition coefficient (Wildman–Crippen LogP) is 3.97. The number of benzene rings is 2. The molecule has 1 saturated carbocycles. The van der Waals surface area contributed by atoms with Crippen molar-refractivity contribution in [1.82, 2.24) is 15.8 Å². The Morgan fingerprint density at radius 2 is 1.89 bits per heavy atom. The largest absolute Gasteiger partial charge is 0.496 e. The zero-order chi connectivity index (χ0) is 25.5. The van der Waals surface area contributed by atoms with Gasteiger partial charge in [-0.25, -0.2) is 0 Å². The summed E-state index contributed by atoms with van der Waals surface area (Å²) in [4.78, 5) is 33.5. The number of ether oxygens (including phenoxy) is 1. The third-order valence-electron chi connectivity index (χ3n) is 6.26. The number of rotatable bonds is 12. The number of pyridine rings is 1. The molecule has 8 heteroatoms. The van der Waals surface area contributed by atoms with Crippen LogP contribution in [0.15, 0.2) is 73.4 Å². The fourth-order valence-electron chi connectivity index (χ4n) is 3.96. The highest BCUT2D eigenvalue weighted by Gasteiger charge is 2.49. The van der Waals surface area contributed by atoms with Gasteiger partial charge in [0.1, 0.15) is 5.75 Å². The average molecular weight is 488 g/mol. The number of hydroxylamine groups is 1. The third-order valence-corrected chi connectivity index (χ3v) is 6.26. The Morgan fingerprint density at radius 3 is 2.53 bits per heavy atom. The molecule has 0 aliphatic heterocycles. The maximum atomic E-state index is 12.3. The molecule has 1 aromatic heterocycles. The zero-order valence-electron chi connectivity index (χ0n) is 20.1. The van der Waals surface area contributed by atoms with Crippen molar-refractivity contribution in [3.8, 4) is 17.0 Å². The fourth-order valence-corrected chi connectivity index (χ4v) is 3.96. The van der Waals surface area contributed by atoms with Gasteiger partial charge in [0.05, 0.1) is 23.9 Å². The van der Waals surface area contributed by atoms with Crippen molar-refractivity contribution in [3.05, 3.63) is 90.1 Å². The molecule has 1 amide bonds. The third kappa shape index (κ3) is 6.09. The molecule has 8 nitrogen and oxygen atoms in total. The minimum Gasteiger partial charge on any atom is -0.496 e. The second-order valence-corrected chi connectivity index (χ2v) is 8.85. The lowest BCUT2D eigenvalue weighted by molar-refractivity contribution is -0.143. The van der Waals surface area contributed by atoms with Crippen molar-refractivity contribution in [2.24, 2.45) is 5.41 Å². The van der Waals surface area contributed by atoms with Gasteiger partial charge in [0.25, 0.3) is 0 Å². The first-order valence-electron chi connectivity index (χ1n) is 11.6. The molecule has 36 heavy (non-hydrogen) atoms.